The molecule has 1 aromatic rings. The standard InChI is InChI=1S/C8H9F3N2O2/c1-5-6(4-12-15-5)13-7(14)2-3-8(9,10)11/h4H,2-3H2,1H3,(H,13,14). The van der Waals surface area contributed by atoms with Gasteiger partial charge in [-0.15, -0.1) is 0 Å². The Morgan fingerprint density at radius 3 is 2.73 bits per heavy atom. The van der Waals surface area contributed by atoms with E-state index >= 15 is 0 Å². The second-order valence-corrected chi connectivity index (χ2v) is 2.96. The van der Waals surface area contributed by atoms with Crippen molar-refractivity contribution in [3.05, 3.63) is 12.0 Å². The molecule has 0 saturated carbocycles. The normalized spacial score (nSPS) is 11.5. The van der Waals surface area contributed by atoms with Gasteiger partial charge in [-0.3, -0.25) is 4.79 Å². The van der Waals surface area contributed by atoms with E-state index in [4.69, 9.17) is 0 Å². The Labute approximate surface area is 83.4 Å². The molecule has 1 N–H and O–H groups in total. The van der Waals surface area contributed by atoms with Crippen LogP contribution in [0.1, 0.15) is 18.6 Å². The summed E-state index contributed by atoms with van der Waals surface area (Å²) < 4.78 is 39.9. The van der Waals surface area contributed by atoms with E-state index in [1.54, 1.807) is 6.92 Å². The van der Waals surface area contributed by atoms with E-state index in [-0.39, 0.29) is 0 Å². The van der Waals surface area contributed by atoms with E-state index in [0.29, 0.717) is 11.4 Å². The highest BCUT2D eigenvalue weighted by Gasteiger charge is 2.28. The number of carbonyl (C=O) groups excluding carboxylic acids is 1. The summed E-state index contributed by atoms with van der Waals surface area (Å²) in [6, 6.07) is 0. The van der Waals surface area contributed by atoms with E-state index in [1.807, 2.05) is 0 Å². The summed E-state index contributed by atoms with van der Waals surface area (Å²) in [5, 5.41) is 5.64. The zero-order valence-corrected chi connectivity index (χ0v) is 7.89. The quantitative estimate of drug-likeness (QED) is 0.853. The van der Waals surface area contributed by atoms with E-state index in [2.05, 4.69) is 15.0 Å². The maximum atomic E-state index is 11.8. The van der Waals surface area contributed by atoms with Crippen LogP contribution in [0.4, 0.5) is 18.9 Å². The lowest BCUT2D eigenvalue weighted by Gasteiger charge is -2.05. The van der Waals surface area contributed by atoms with Gasteiger partial charge in [0.2, 0.25) is 5.91 Å². The van der Waals surface area contributed by atoms with Crippen molar-refractivity contribution >= 4 is 11.6 Å². The Morgan fingerprint density at radius 2 is 2.27 bits per heavy atom. The number of alkyl halides is 3. The largest absolute Gasteiger partial charge is 0.389 e. The molecule has 4 nitrogen and oxygen atoms in total. The third-order valence-corrected chi connectivity index (χ3v) is 1.66. The summed E-state index contributed by atoms with van der Waals surface area (Å²) in [6.45, 7) is 1.55. The van der Waals surface area contributed by atoms with Gasteiger partial charge in [0, 0.05) is 6.42 Å². The average molecular weight is 222 g/mol. The predicted octanol–water partition coefficient (Wildman–Crippen LogP) is 2.26. The number of aryl methyl sites for hydroxylation is 1. The molecule has 15 heavy (non-hydrogen) atoms. The van der Waals surface area contributed by atoms with Crippen molar-refractivity contribution in [1.29, 1.82) is 0 Å². The van der Waals surface area contributed by atoms with Crippen molar-refractivity contribution in [2.24, 2.45) is 0 Å². The summed E-state index contributed by atoms with van der Waals surface area (Å²) in [5.41, 5.74) is 0.294. The van der Waals surface area contributed by atoms with Crippen molar-refractivity contribution in [3.8, 4) is 0 Å². The molecule has 1 rings (SSSR count). The topological polar surface area (TPSA) is 55.1 Å². The number of hydrogen-bond acceptors (Lipinski definition) is 3. The molecular formula is C8H9F3N2O2. The van der Waals surface area contributed by atoms with Crippen LogP contribution in [0.25, 0.3) is 0 Å². The molecule has 0 spiro atoms. The second kappa shape index (κ2) is 4.33. The number of nitrogens with one attached hydrogen (secondary N) is 1. The number of aromatic nitrogens is 1. The Morgan fingerprint density at radius 1 is 1.60 bits per heavy atom. The monoisotopic (exact) mass is 222 g/mol. The highest BCUT2D eigenvalue weighted by Crippen LogP contribution is 2.22. The van der Waals surface area contributed by atoms with E-state index in [0.717, 1.165) is 0 Å². The number of amides is 1. The Balaban J connectivity index is 2.41. The van der Waals surface area contributed by atoms with Crippen LogP contribution in [-0.4, -0.2) is 17.2 Å². The number of carbonyl (C=O) groups is 1. The van der Waals surface area contributed by atoms with Crippen LogP contribution >= 0.6 is 0 Å². The molecule has 1 heterocycles. The Bertz CT molecular complexity index is 346. The summed E-state index contributed by atoms with van der Waals surface area (Å²) in [4.78, 5) is 11.0. The molecule has 7 heteroatoms. The highest BCUT2D eigenvalue weighted by molar-refractivity contribution is 5.90. The first-order chi connectivity index (χ1) is 6.88. The van der Waals surface area contributed by atoms with Crippen LogP contribution in [0.15, 0.2) is 10.7 Å². The smallest absolute Gasteiger partial charge is 0.359 e. The molecule has 0 unspecified atom stereocenters. The lowest BCUT2D eigenvalue weighted by Crippen LogP contribution is -2.16. The molecule has 1 amide bonds. The molecule has 0 atom stereocenters. The van der Waals surface area contributed by atoms with Crippen molar-refractivity contribution in [3.63, 3.8) is 0 Å². The number of halogens is 3. The summed E-state index contributed by atoms with van der Waals surface area (Å²) in [6.07, 6.45) is -4.82. The molecule has 0 aliphatic rings. The molecule has 0 saturated heterocycles. The minimum absolute atomic E-state index is 0.294. The maximum Gasteiger partial charge on any atom is 0.389 e. The zero-order valence-electron chi connectivity index (χ0n) is 7.89. The molecule has 0 aromatic carbocycles. The first-order valence-corrected chi connectivity index (χ1v) is 4.16. The van der Waals surface area contributed by atoms with Crippen molar-refractivity contribution < 1.29 is 22.5 Å². The van der Waals surface area contributed by atoms with Gasteiger partial charge in [0.15, 0.2) is 5.76 Å². The minimum Gasteiger partial charge on any atom is -0.359 e. The molecule has 0 aliphatic heterocycles. The SMILES string of the molecule is Cc1oncc1NC(=O)CCC(F)(F)F. The molecule has 0 fully saturated rings. The molecule has 0 radical (unpaired) electrons. The van der Waals surface area contributed by atoms with E-state index in [1.165, 1.54) is 6.20 Å². The van der Waals surface area contributed by atoms with E-state index < -0.39 is 24.9 Å². The van der Waals surface area contributed by atoms with Crippen LogP contribution in [0, 0.1) is 6.92 Å². The maximum absolute atomic E-state index is 11.8. The fraction of sp³-hybridized carbons (Fsp3) is 0.500. The number of rotatable bonds is 3. The first-order valence-electron chi connectivity index (χ1n) is 4.16. The van der Waals surface area contributed by atoms with Gasteiger partial charge in [0.25, 0.3) is 0 Å². The average Bonchev–Trinajstić information content (AvgIpc) is 2.47. The van der Waals surface area contributed by atoms with Crippen LogP contribution < -0.4 is 5.32 Å². The fourth-order valence-corrected chi connectivity index (χ4v) is 0.886. The van der Waals surface area contributed by atoms with Crippen molar-refractivity contribution in [2.75, 3.05) is 5.32 Å². The minimum atomic E-state index is -4.32. The molecule has 0 aliphatic carbocycles. The van der Waals surface area contributed by atoms with Crippen LogP contribution in [0.3, 0.4) is 0 Å². The Kier molecular flexibility index (Phi) is 3.33. The highest BCUT2D eigenvalue weighted by atomic mass is 19.4. The molecule has 1 aromatic heterocycles. The van der Waals surface area contributed by atoms with Gasteiger partial charge in [-0.05, 0) is 6.92 Å². The van der Waals surface area contributed by atoms with Crippen molar-refractivity contribution in [1.82, 2.24) is 5.16 Å². The zero-order chi connectivity index (χ0) is 11.5. The third-order valence-electron chi connectivity index (χ3n) is 1.66. The lowest BCUT2D eigenvalue weighted by molar-refractivity contribution is -0.142. The van der Waals surface area contributed by atoms with Gasteiger partial charge in [-0.1, -0.05) is 5.16 Å². The van der Waals surface area contributed by atoms with Crippen LogP contribution in [0.5, 0.6) is 0 Å². The first kappa shape index (κ1) is 11.5. The van der Waals surface area contributed by atoms with Gasteiger partial charge in [0.05, 0.1) is 12.6 Å². The van der Waals surface area contributed by atoms with Gasteiger partial charge >= 0.3 is 6.18 Å². The third kappa shape index (κ3) is 4.01. The van der Waals surface area contributed by atoms with Gasteiger partial charge in [0.1, 0.15) is 5.69 Å². The summed E-state index contributed by atoms with van der Waals surface area (Å²) in [7, 11) is 0. The molecule has 0 bridgehead atoms. The number of nitrogens with zero attached hydrogens (tertiary/aromatic N) is 1. The summed E-state index contributed by atoms with van der Waals surface area (Å²) in [5.74, 6) is -0.353. The van der Waals surface area contributed by atoms with Gasteiger partial charge < -0.3 is 9.84 Å². The second-order valence-electron chi connectivity index (χ2n) is 2.96. The van der Waals surface area contributed by atoms with Crippen molar-refractivity contribution in [2.45, 2.75) is 25.9 Å². The lowest BCUT2D eigenvalue weighted by atomic mass is 10.3. The van der Waals surface area contributed by atoms with Crippen LogP contribution in [-0.2, 0) is 4.79 Å². The summed E-state index contributed by atoms with van der Waals surface area (Å²) >= 11 is 0. The Hall–Kier alpha value is -1.53. The fourth-order valence-electron chi connectivity index (χ4n) is 0.886. The molecular weight excluding hydrogens is 213 g/mol. The predicted molar refractivity (Wildman–Crippen MR) is 45.2 cm³/mol. The van der Waals surface area contributed by atoms with E-state index in [9.17, 15) is 18.0 Å². The number of hydrogen-bond donors (Lipinski definition) is 1. The molecule has 84 valence electrons. The number of anilines is 1. The van der Waals surface area contributed by atoms with Gasteiger partial charge in [-0.2, -0.15) is 13.2 Å². The van der Waals surface area contributed by atoms with Crippen LogP contribution in [0.2, 0.25) is 0 Å². The van der Waals surface area contributed by atoms with Gasteiger partial charge in [-0.25, -0.2) is 0 Å².